The second-order valence-corrected chi connectivity index (χ2v) is 19.6. The lowest BCUT2D eigenvalue weighted by Gasteiger charge is -2.72. The number of carbonyl (C=O) groups excluding carboxylic acids is 1. The first-order valence-corrected chi connectivity index (χ1v) is 19.9. The average Bonchev–Trinajstić information content (AvgIpc) is 3.44. The summed E-state index contributed by atoms with van der Waals surface area (Å²) in [6.45, 7) is 24.0. The number of aliphatic hydroxyl groups is 2. The van der Waals surface area contributed by atoms with E-state index in [1.54, 1.807) is 0 Å². The molecular weight excluding hydrogens is 646 g/mol. The van der Waals surface area contributed by atoms with E-state index in [1.165, 1.54) is 5.57 Å². The zero-order valence-corrected chi connectivity index (χ0v) is 32.9. The zero-order valence-electron chi connectivity index (χ0n) is 32.9. The van der Waals surface area contributed by atoms with Crippen molar-refractivity contribution in [2.24, 2.45) is 73.9 Å². The van der Waals surface area contributed by atoms with E-state index < -0.39 is 28.7 Å². The number of ether oxygens (including phenoxy) is 1. The maximum absolute atomic E-state index is 13.5. The number of rotatable bonds is 9. The van der Waals surface area contributed by atoms with E-state index in [4.69, 9.17) is 14.9 Å². The lowest BCUT2D eigenvalue weighted by molar-refractivity contribution is -0.252. The summed E-state index contributed by atoms with van der Waals surface area (Å²) in [5.74, 6) is -0.593. The Balaban J connectivity index is 0.000000654. The Morgan fingerprint density at radius 1 is 0.745 bits per heavy atom. The van der Waals surface area contributed by atoms with Gasteiger partial charge in [-0.15, -0.1) is 0 Å². The Labute approximate surface area is 306 Å². The molecule has 9 nitrogen and oxygen atoms in total. The van der Waals surface area contributed by atoms with E-state index in [1.807, 2.05) is 13.8 Å². The molecule has 0 amide bonds. The van der Waals surface area contributed by atoms with Gasteiger partial charge in [0.15, 0.2) is 0 Å². The van der Waals surface area contributed by atoms with Crippen LogP contribution in [-0.4, -0.2) is 70.7 Å². The van der Waals surface area contributed by atoms with E-state index in [-0.39, 0.29) is 58.8 Å². The van der Waals surface area contributed by atoms with Gasteiger partial charge in [-0.2, -0.15) is 0 Å². The smallest absolute Gasteiger partial charge is 0.309 e. The normalized spacial score (nSPS) is 44.5. The molecule has 51 heavy (non-hydrogen) atoms. The average molecular weight is 716 g/mol. The summed E-state index contributed by atoms with van der Waals surface area (Å²) in [6.07, 6.45) is 10.1. The van der Waals surface area contributed by atoms with Crippen LogP contribution in [-0.2, 0) is 19.1 Å². The summed E-state index contributed by atoms with van der Waals surface area (Å²) in [6, 6.07) is 0. The van der Waals surface area contributed by atoms with Gasteiger partial charge >= 0.3 is 17.9 Å². The molecular formula is C42H69NO8. The lowest BCUT2D eigenvalue weighted by atomic mass is 9.32. The van der Waals surface area contributed by atoms with Crippen LogP contribution in [0.4, 0.5) is 0 Å². The SMILES string of the molecule is C=C(C)[C@@H]1CC[C@]2(C(=O)O)CC[C@]3(C)C(CCC4[C@@]5(C)CC[C@H](OC(=O)[C@@H]6C[C@H](C(=O)O)C6(C)C)C(C)(C)C5CC[C@]43C)C12.OCCNCCO. The van der Waals surface area contributed by atoms with Gasteiger partial charge in [0.2, 0.25) is 0 Å². The Bertz CT molecular complexity index is 1360. The molecule has 6 aliphatic rings. The predicted molar refractivity (Wildman–Crippen MR) is 197 cm³/mol. The minimum absolute atomic E-state index is 0.0928. The molecule has 290 valence electrons. The third-order valence-corrected chi connectivity index (χ3v) is 17.1. The van der Waals surface area contributed by atoms with Crippen molar-refractivity contribution in [2.75, 3.05) is 26.3 Å². The van der Waals surface area contributed by atoms with Crippen molar-refractivity contribution in [1.82, 2.24) is 5.32 Å². The molecule has 0 aromatic heterocycles. The summed E-state index contributed by atoms with van der Waals surface area (Å²) in [5, 5.41) is 39.3. The molecule has 0 spiro atoms. The molecule has 0 radical (unpaired) electrons. The third kappa shape index (κ3) is 6.11. The highest BCUT2D eigenvalue weighted by Crippen LogP contribution is 2.77. The van der Waals surface area contributed by atoms with Gasteiger partial charge in [-0.05, 0) is 129 Å². The van der Waals surface area contributed by atoms with Crippen LogP contribution in [0.2, 0.25) is 0 Å². The summed E-state index contributed by atoms with van der Waals surface area (Å²) >= 11 is 0. The Morgan fingerprint density at radius 2 is 1.39 bits per heavy atom. The number of allylic oxidation sites excluding steroid dienone is 1. The molecule has 0 aliphatic heterocycles. The largest absolute Gasteiger partial charge is 0.481 e. The zero-order chi connectivity index (χ0) is 37.9. The van der Waals surface area contributed by atoms with E-state index in [2.05, 4.69) is 53.4 Å². The number of aliphatic carboxylic acids is 2. The number of aliphatic hydroxyl groups excluding tert-OH is 2. The predicted octanol–water partition coefficient (Wildman–Crippen LogP) is 6.95. The lowest BCUT2D eigenvalue weighted by Crippen LogP contribution is -2.67. The van der Waals surface area contributed by atoms with Crippen LogP contribution in [0.5, 0.6) is 0 Å². The number of esters is 1. The van der Waals surface area contributed by atoms with Crippen LogP contribution in [0.15, 0.2) is 12.2 Å². The molecule has 0 aromatic carbocycles. The molecule has 0 bridgehead atoms. The van der Waals surface area contributed by atoms with Crippen LogP contribution >= 0.6 is 0 Å². The number of fused-ring (bicyclic) bond motifs is 7. The Morgan fingerprint density at radius 3 is 1.94 bits per heavy atom. The second-order valence-electron chi connectivity index (χ2n) is 19.6. The molecule has 12 atom stereocenters. The van der Waals surface area contributed by atoms with Gasteiger partial charge in [0.1, 0.15) is 6.10 Å². The molecule has 6 rings (SSSR count). The number of carboxylic acid groups (broad SMARTS) is 2. The monoisotopic (exact) mass is 716 g/mol. The second kappa shape index (κ2) is 14.0. The van der Waals surface area contributed by atoms with Crippen LogP contribution in [0.25, 0.3) is 0 Å². The molecule has 4 unspecified atom stereocenters. The van der Waals surface area contributed by atoms with Gasteiger partial charge < -0.3 is 30.5 Å². The Hall–Kier alpha value is -1.97. The molecule has 9 heteroatoms. The van der Waals surface area contributed by atoms with Gasteiger partial charge in [-0.25, -0.2) is 0 Å². The Kier molecular flexibility index (Phi) is 11.1. The van der Waals surface area contributed by atoms with E-state index in [0.717, 1.165) is 64.2 Å². The fourth-order valence-electron chi connectivity index (χ4n) is 13.9. The molecule has 6 fully saturated rings. The minimum atomic E-state index is -0.823. The molecule has 5 N–H and O–H groups in total. The van der Waals surface area contributed by atoms with Crippen molar-refractivity contribution in [3.8, 4) is 0 Å². The first-order valence-electron chi connectivity index (χ1n) is 19.9. The maximum Gasteiger partial charge on any atom is 0.309 e. The molecule has 6 saturated carbocycles. The molecule has 6 aliphatic carbocycles. The summed E-state index contributed by atoms with van der Waals surface area (Å²) in [5.41, 5.74) is 0.166. The fourth-order valence-corrected chi connectivity index (χ4v) is 13.9. The topological polar surface area (TPSA) is 153 Å². The fraction of sp³-hybridized carbons (Fsp3) is 0.881. The highest BCUT2D eigenvalue weighted by atomic mass is 16.5. The summed E-state index contributed by atoms with van der Waals surface area (Å²) in [4.78, 5) is 38.1. The number of carbonyl (C=O) groups is 3. The van der Waals surface area contributed by atoms with Gasteiger partial charge in [0.05, 0.1) is 30.5 Å². The highest BCUT2D eigenvalue weighted by Gasteiger charge is 2.72. The highest BCUT2D eigenvalue weighted by molar-refractivity contribution is 5.81. The van der Waals surface area contributed by atoms with Crippen molar-refractivity contribution in [3.63, 3.8) is 0 Å². The standard InChI is InChI=1S/C38H58O6.C4H11NO2/c1-21(2)22-12-17-38(32(42)43)19-18-36(8)23(29(22)38)10-11-27-35(7)15-14-28(34(5,6)26(35)13-16-37(27,36)9)44-31(41)25-20-24(30(39)40)33(25,3)4;6-3-1-5-2-4-7/h22-29H,1,10-20H2,2-9H3,(H,39,40)(H,42,43);5-7H,1-4H2/t22-,23?,24+,25-,26?,27?,28-,29?,35-,36+,37+,38-;/m0./s1. The van der Waals surface area contributed by atoms with E-state index in [0.29, 0.717) is 43.2 Å². The summed E-state index contributed by atoms with van der Waals surface area (Å²) < 4.78 is 6.35. The number of hydrogen-bond donors (Lipinski definition) is 5. The van der Waals surface area contributed by atoms with Gasteiger partial charge in [-0.1, -0.05) is 60.6 Å². The number of hydrogen-bond acceptors (Lipinski definition) is 7. The van der Waals surface area contributed by atoms with Crippen molar-refractivity contribution >= 4 is 17.9 Å². The van der Waals surface area contributed by atoms with Crippen molar-refractivity contribution < 1.29 is 39.5 Å². The van der Waals surface area contributed by atoms with Crippen molar-refractivity contribution in [3.05, 3.63) is 12.2 Å². The quantitative estimate of drug-likeness (QED) is 0.0970. The minimum Gasteiger partial charge on any atom is -0.481 e. The molecule has 0 heterocycles. The first kappa shape index (κ1) is 40.2. The van der Waals surface area contributed by atoms with Crippen LogP contribution in [0.3, 0.4) is 0 Å². The van der Waals surface area contributed by atoms with Gasteiger partial charge in [0, 0.05) is 18.5 Å². The third-order valence-electron chi connectivity index (χ3n) is 17.1. The number of nitrogens with one attached hydrogen (secondary N) is 1. The van der Waals surface area contributed by atoms with Gasteiger partial charge in [-0.3, -0.25) is 14.4 Å². The van der Waals surface area contributed by atoms with Crippen molar-refractivity contribution in [2.45, 2.75) is 132 Å². The molecule has 0 saturated heterocycles. The number of carboxylic acids is 2. The van der Waals surface area contributed by atoms with Crippen molar-refractivity contribution in [1.29, 1.82) is 0 Å². The maximum atomic E-state index is 13.5. The van der Waals surface area contributed by atoms with Crippen LogP contribution < -0.4 is 5.32 Å². The molecule has 0 aromatic rings. The first-order chi connectivity index (χ1) is 23.7. The van der Waals surface area contributed by atoms with Crippen LogP contribution in [0.1, 0.15) is 126 Å². The van der Waals surface area contributed by atoms with Gasteiger partial charge in [0.25, 0.3) is 0 Å². The summed E-state index contributed by atoms with van der Waals surface area (Å²) in [7, 11) is 0. The van der Waals surface area contributed by atoms with E-state index in [9.17, 15) is 24.6 Å². The van der Waals surface area contributed by atoms with Crippen LogP contribution in [0, 0.1) is 73.9 Å². The van der Waals surface area contributed by atoms with E-state index >= 15 is 0 Å².